The zero-order valence-electron chi connectivity index (χ0n) is 18.8. The lowest BCUT2D eigenvalue weighted by molar-refractivity contribution is -0.363. The fourth-order valence-electron chi connectivity index (χ4n) is 4.81. The van der Waals surface area contributed by atoms with Crippen LogP contribution >= 0.6 is 0 Å². The van der Waals surface area contributed by atoms with Gasteiger partial charge in [-0.15, -0.1) is 0 Å². The molecule has 0 saturated heterocycles. The van der Waals surface area contributed by atoms with E-state index < -0.39 is 6.97 Å². The van der Waals surface area contributed by atoms with Gasteiger partial charge in [-0.3, -0.25) is 0 Å². The molecule has 2 aromatic rings. The van der Waals surface area contributed by atoms with Crippen LogP contribution in [0.3, 0.4) is 0 Å². The fourth-order valence-corrected chi connectivity index (χ4v) is 4.81. The van der Waals surface area contributed by atoms with Crippen LogP contribution in [-0.2, 0) is 0 Å². The van der Waals surface area contributed by atoms with Gasteiger partial charge in [0, 0.05) is 35.7 Å². The van der Waals surface area contributed by atoms with E-state index in [1.807, 2.05) is 50.3 Å². The lowest BCUT2D eigenvalue weighted by Gasteiger charge is -2.34. The van der Waals surface area contributed by atoms with Crippen molar-refractivity contribution >= 4 is 18.3 Å². The lowest BCUT2D eigenvalue weighted by Crippen LogP contribution is -2.51. The van der Waals surface area contributed by atoms with Crippen molar-refractivity contribution in [3.8, 4) is 5.75 Å². The largest absolute Gasteiger partial charge is 0.737 e. The highest BCUT2D eigenvalue weighted by atomic mass is 19.2. The number of halogens is 2. The number of unbranched alkanes of at least 4 members (excludes halogenated alkanes) is 1. The highest BCUT2D eigenvalue weighted by molar-refractivity contribution is 6.58. The highest BCUT2D eigenvalue weighted by Crippen LogP contribution is 2.44. The lowest BCUT2D eigenvalue weighted by atomic mass is 9.84. The summed E-state index contributed by atoms with van der Waals surface area (Å²) in [5, 5.41) is 3.51. The Labute approximate surface area is 186 Å². The van der Waals surface area contributed by atoms with Gasteiger partial charge in [0.1, 0.15) is 11.5 Å². The third kappa shape index (κ3) is 3.52. The zero-order valence-corrected chi connectivity index (χ0v) is 18.8. The number of rotatable bonds is 7. The van der Waals surface area contributed by atoms with Crippen molar-refractivity contribution in [1.82, 2.24) is 4.48 Å². The molecule has 0 spiro atoms. The zero-order chi connectivity index (χ0) is 23.0. The molecule has 0 atom stereocenters. The number of hydrogen-bond donors (Lipinski definition) is 0. The van der Waals surface area contributed by atoms with E-state index in [-0.39, 0.29) is 0 Å². The second-order valence-electron chi connectivity index (χ2n) is 8.37. The maximum Gasteiger partial charge on any atom is 0.737 e. The van der Waals surface area contributed by atoms with Crippen molar-refractivity contribution in [3.63, 3.8) is 0 Å². The molecule has 6 nitrogen and oxygen atoms in total. The summed E-state index contributed by atoms with van der Waals surface area (Å²) in [6, 6.07) is 9.44. The van der Waals surface area contributed by atoms with Gasteiger partial charge in [-0.2, -0.15) is 0 Å². The fraction of sp³-hybridized carbons (Fsp3) is 0.348. The summed E-state index contributed by atoms with van der Waals surface area (Å²) in [4.78, 5) is 2.73. The predicted molar refractivity (Wildman–Crippen MR) is 123 cm³/mol. The van der Waals surface area contributed by atoms with E-state index in [1.165, 1.54) is 8.96 Å². The number of fused-ring (bicyclic) bond motifs is 2. The minimum absolute atomic E-state index is 0.458. The van der Waals surface area contributed by atoms with Gasteiger partial charge in [0.25, 0.3) is 0 Å². The third-order valence-electron chi connectivity index (χ3n) is 6.06. The molecule has 0 amide bonds. The number of azide groups is 1. The summed E-state index contributed by atoms with van der Waals surface area (Å²) in [6.07, 6.45) is 3.38. The predicted octanol–water partition coefficient (Wildman–Crippen LogP) is 6.00. The second kappa shape index (κ2) is 8.32. The summed E-state index contributed by atoms with van der Waals surface area (Å²) in [7, 11) is 0. The first-order chi connectivity index (χ1) is 15.3. The Morgan fingerprint density at radius 2 is 1.84 bits per heavy atom. The van der Waals surface area contributed by atoms with Gasteiger partial charge in [0.2, 0.25) is 0 Å². The van der Waals surface area contributed by atoms with Crippen LogP contribution in [0.4, 0.5) is 8.63 Å². The molecule has 9 heteroatoms. The number of aryl methyl sites for hydroxylation is 2. The van der Waals surface area contributed by atoms with Crippen molar-refractivity contribution in [2.75, 3.05) is 13.2 Å². The molecule has 4 rings (SSSR count). The molecule has 2 aliphatic heterocycles. The minimum Gasteiger partial charge on any atom is -0.494 e. The van der Waals surface area contributed by atoms with Crippen molar-refractivity contribution < 1.29 is 17.9 Å². The van der Waals surface area contributed by atoms with Crippen LogP contribution in [0, 0.1) is 13.8 Å². The SMILES string of the molecule is CC1=CC(C)=[N+]2C1=C(c1ccc(OCCCCN=[N+]=[N-])cc1)c1c(C)cc(C)n1[B-]2(F)F. The van der Waals surface area contributed by atoms with Gasteiger partial charge in [-0.05, 0) is 74.2 Å². The van der Waals surface area contributed by atoms with Gasteiger partial charge in [-0.1, -0.05) is 17.2 Å². The average Bonchev–Trinajstić information content (AvgIpc) is 3.22. The number of hydrogen-bond acceptors (Lipinski definition) is 2. The number of allylic oxidation sites excluding steroid dienone is 2. The molecule has 3 heterocycles. The van der Waals surface area contributed by atoms with Crippen molar-refractivity contribution in [3.05, 3.63) is 80.6 Å². The first kappa shape index (κ1) is 21.9. The maximum absolute atomic E-state index is 15.7. The standard InChI is InChI=1S/C23H26BF2N5O/c1-15-13-17(3)30-22(15)21(23-16(2)14-18(4)31(23)24(30,25)26)19-7-9-20(10-8-19)32-12-6-5-11-28-29-27/h7-10,13-14H,5-6,11-12H2,1-4H3. The molecular weight excluding hydrogens is 411 g/mol. The topological polar surface area (TPSA) is 65.9 Å². The average molecular weight is 437 g/mol. The first-order valence-electron chi connectivity index (χ1n) is 10.8. The summed E-state index contributed by atoms with van der Waals surface area (Å²) in [6.45, 7) is 4.26. The van der Waals surface area contributed by atoms with Crippen LogP contribution in [0.25, 0.3) is 16.0 Å². The summed E-state index contributed by atoms with van der Waals surface area (Å²) >= 11 is 0. The molecule has 1 aromatic carbocycles. The van der Waals surface area contributed by atoms with Gasteiger partial charge >= 0.3 is 6.97 Å². The molecule has 32 heavy (non-hydrogen) atoms. The van der Waals surface area contributed by atoms with Crippen LogP contribution in [0.5, 0.6) is 5.75 Å². The molecule has 0 N–H and O–H groups in total. The Balaban J connectivity index is 1.71. The monoisotopic (exact) mass is 437 g/mol. The smallest absolute Gasteiger partial charge is 0.494 e. The van der Waals surface area contributed by atoms with Crippen LogP contribution in [0.1, 0.15) is 49.2 Å². The quantitative estimate of drug-likeness (QED) is 0.172. The summed E-state index contributed by atoms with van der Waals surface area (Å²) in [5.74, 6) is 0.718. The van der Waals surface area contributed by atoms with E-state index in [0.717, 1.165) is 40.9 Å². The molecule has 0 radical (unpaired) electrons. The normalized spacial score (nSPS) is 16.5. The Bertz CT molecular complexity index is 1220. The van der Waals surface area contributed by atoms with E-state index in [9.17, 15) is 0 Å². The molecule has 0 bridgehead atoms. The van der Waals surface area contributed by atoms with Crippen LogP contribution in [0.2, 0.25) is 0 Å². The van der Waals surface area contributed by atoms with Crippen molar-refractivity contribution in [2.24, 2.45) is 5.11 Å². The number of ether oxygens (including phenoxy) is 1. The molecular formula is C23H26BF2N5O. The van der Waals surface area contributed by atoms with Gasteiger partial charge in [0.15, 0.2) is 5.70 Å². The van der Waals surface area contributed by atoms with E-state index in [4.69, 9.17) is 10.3 Å². The first-order valence-corrected chi connectivity index (χ1v) is 10.8. The second-order valence-corrected chi connectivity index (χ2v) is 8.37. The summed E-state index contributed by atoms with van der Waals surface area (Å²) < 4.78 is 39.5. The number of aromatic nitrogens is 1. The van der Waals surface area contributed by atoms with Crippen LogP contribution < -0.4 is 4.74 Å². The minimum atomic E-state index is -3.97. The van der Waals surface area contributed by atoms with E-state index in [2.05, 4.69) is 10.0 Å². The van der Waals surface area contributed by atoms with Gasteiger partial charge < -0.3 is 22.3 Å². The molecule has 2 aliphatic rings. The number of nitrogens with zero attached hydrogens (tertiary/aromatic N) is 5. The summed E-state index contributed by atoms with van der Waals surface area (Å²) in [5.41, 5.74) is 13.9. The maximum atomic E-state index is 15.7. The highest BCUT2D eigenvalue weighted by Gasteiger charge is 2.55. The van der Waals surface area contributed by atoms with Gasteiger partial charge in [0.05, 0.1) is 12.2 Å². The Morgan fingerprint density at radius 1 is 1.12 bits per heavy atom. The van der Waals surface area contributed by atoms with Crippen molar-refractivity contribution in [2.45, 2.75) is 40.5 Å². The third-order valence-corrected chi connectivity index (χ3v) is 6.06. The Kier molecular flexibility index (Phi) is 5.69. The molecule has 0 fully saturated rings. The molecule has 0 aliphatic carbocycles. The molecule has 166 valence electrons. The molecule has 0 unspecified atom stereocenters. The van der Waals surface area contributed by atoms with E-state index in [0.29, 0.717) is 35.9 Å². The van der Waals surface area contributed by atoms with Gasteiger partial charge in [-0.25, -0.2) is 0 Å². The van der Waals surface area contributed by atoms with E-state index in [1.54, 1.807) is 13.8 Å². The Morgan fingerprint density at radius 3 is 2.53 bits per heavy atom. The molecule has 0 saturated carbocycles. The number of benzene rings is 1. The Hall–Kier alpha value is -3.32. The van der Waals surface area contributed by atoms with Crippen LogP contribution in [-0.4, -0.2) is 34.8 Å². The van der Waals surface area contributed by atoms with E-state index >= 15 is 8.63 Å². The van der Waals surface area contributed by atoms with Crippen molar-refractivity contribution in [1.29, 1.82) is 0 Å². The van der Waals surface area contributed by atoms with Crippen LogP contribution in [0.15, 0.2) is 52.8 Å². The molecule has 1 aromatic heterocycles.